The highest BCUT2D eigenvalue weighted by molar-refractivity contribution is 7.18. The molecule has 8 heteroatoms. The van der Waals surface area contributed by atoms with Crippen LogP contribution < -0.4 is 10.6 Å². The maximum atomic E-state index is 12.5. The summed E-state index contributed by atoms with van der Waals surface area (Å²) in [4.78, 5) is 26.5. The number of anilines is 1. The van der Waals surface area contributed by atoms with E-state index in [9.17, 15) is 9.59 Å². The van der Waals surface area contributed by atoms with Crippen LogP contribution in [0.3, 0.4) is 0 Å². The van der Waals surface area contributed by atoms with Crippen molar-refractivity contribution in [3.8, 4) is 10.6 Å². The van der Waals surface area contributed by atoms with Gasteiger partial charge in [0.05, 0.1) is 0 Å². The molecule has 152 valence electrons. The van der Waals surface area contributed by atoms with Crippen molar-refractivity contribution in [2.45, 2.75) is 46.6 Å². The van der Waals surface area contributed by atoms with Crippen LogP contribution in [0.5, 0.6) is 0 Å². The Kier molecular flexibility index (Phi) is 7.51. The number of carbonyl (C=O) groups is 2. The lowest BCUT2D eigenvalue weighted by atomic mass is 10.1. The molecule has 1 aromatic heterocycles. The van der Waals surface area contributed by atoms with Crippen molar-refractivity contribution < 1.29 is 9.59 Å². The molecule has 2 N–H and O–H groups in total. The van der Waals surface area contributed by atoms with Gasteiger partial charge in [-0.25, -0.2) is 4.79 Å². The average Bonchev–Trinajstić information content (AvgIpc) is 3.06. The van der Waals surface area contributed by atoms with E-state index >= 15 is 0 Å². The predicted molar refractivity (Wildman–Crippen MR) is 113 cm³/mol. The lowest BCUT2D eigenvalue weighted by molar-refractivity contribution is -0.116. The summed E-state index contributed by atoms with van der Waals surface area (Å²) in [7, 11) is 0. The molecule has 0 aliphatic heterocycles. The Morgan fingerprint density at radius 1 is 1.14 bits per heavy atom. The fourth-order valence-electron chi connectivity index (χ4n) is 2.51. The second kappa shape index (κ2) is 9.64. The van der Waals surface area contributed by atoms with Crippen LogP contribution in [0.4, 0.5) is 9.93 Å². The molecular weight excluding hydrogens is 374 g/mol. The van der Waals surface area contributed by atoms with Gasteiger partial charge in [-0.3, -0.25) is 4.79 Å². The number of aromatic nitrogens is 2. The summed E-state index contributed by atoms with van der Waals surface area (Å²) in [6.45, 7) is 10.8. The third-order valence-electron chi connectivity index (χ3n) is 3.66. The number of rotatable bonds is 7. The van der Waals surface area contributed by atoms with Crippen molar-refractivity contribution in [2.75, 3.05) is 18.4 Å². The number of nitrogens with zero attached hydrogens (tertiary/aromatic N) is 3. The Morgan fingerprint density at radius 3 is 2.43 bits per heavy atom. The average molecular weight is 404 g/mol. The van der Waals surface area contributed by atoms with Gasteiger partial charge in [-0.15, -0.1) is 10.2 Å². The molecule has 0 radical (unpaired) electrons. The monoisotopic (exact) mass is 403 g/mol. The highest BCUT2D eigenvalue weighted by Gasteiger charge is 2.21. The molecule has 2 rings (SSSR count). The molecule has 7 nitrogen and oxygen atoms in total. The van der Waals surface area contributed by atoms with Crippen molar-refractivity contribution in [3.63, 3.8) is 0 Å². The maximum absolute atomic E-state index is 12.5. The summed E-state index contributed by atoms with van der Waals surface area (Å²) in [6, 6.07) is 9.54. The molecule has 1 heterocycles. The Morgan fingerprint density at radius 2 is 1.82 bits per heavy atom. The van der Waals surface area contributed by atoms with E-state index in [-0.39, 0.29) is 23.9 Å². The topological polar surface area (TPSA) is 87.2 Å². The van der Waals surface area contributed by atoms with Gasteiger partial charge in [0.1, 0.15) is 5.01 Å². The third kappa shape index (κ3) is 7.26. The van der Waals surface area contributed by atoms with Crippen molar-refractivity contribution in [1.29, 1.82) is 0 Å². The summed E-state index contributed by atoms with van der Waals surface area (Å²) in [5.74, 6) is 0.124. The summed E-state index contributed by atoms with van der Waals surface area (Å²) in [5.41, 5.74) is 0.636. The van der Waals surface area contributed by atoms with Gasteiger partial charge in [0.25, 0.3) is 0 Å². The zero-order chi connectivity index (χ0) is 20.7. The van der Waals surface area contributed by atoms with Crippen LogP contribution in [0.1, 0.15) is 41.0 Å². The van der Waals surface area contributed by atoms with Gasteiger partial charge in [-0.05, 0) is 26.7 Å². The molecule has 0 saturated carbocycles. The third-order valence-corrected chi connectivity index (χ3v) is 4.54. The normalized spacial score (nSPS) is 11.4. The second-order valence-electron chi connectivity index (χ2n) is 8.10. The Balaban J connectivity index is 1.92. The molecule has 0 bridgehead atoms. The Bertz CT molecular complexity index is 783. The fourth-order valence-corrected chi connectivity index (χ4v) is 3.27. The van der Waals surface area contributed by atoms with Crippen molar-refractivity contribution >= 4 is 28.4 Å². The van der Waals surface area contributed by atoms with Gasteiger partial charge in [0, 0.05) is 30.6 Å². The van der Waals surface area contributed by atoms with E-state index < -0.39 is 0 Å². The van der Waals surface area contributed by atoms with E-state index in [4.69, 9.17) is 0 Å². The standard InChI is InChI=1S/C20H29N5O2S/c1-14(2)13-25(19(27)22-20(3,4)5)12-11-16(26)21-18-24-23-17(28-18)15-9-7-6-8-10-15/h6-10,14H,11-13H2,1-5H3,(H,22,27)(H,21,24,26). The van der Waals surface area contributed by atoms with Crippen LogP contribution in [-0.4, -0.2) is 45.7 Å². The molecule has 2 aromatic rings. The molecule has 0 unspecified atom stereocenters. The van der Waals surface area contributed by atoms with Gasteiger partial charge in [-0.1, -0.05) is 55.5 Å². The predicted octanol–water partition coefficient (Wildman–Crippen LogP) is 4.00. The van der Waals surface area contributed by atoms with Crippen LogP contribution in [0.2, 0.25) is 0 Å². The van der Waals surface area contributed by atoms with E-state index in [1.165, 1.54) is 11.3 Å². The molecule has 0 aliphatic carbocycles. The first-order chi connectivity index (χ1) is 13.1. The minimum atomic E-state index is -0.324. The van der Waals surface area contributed by atoms with Crippen LogP contribution in [-0.2, 0) is 4.79 Å². The first kappa shape index (κ1) is 21.8. The number of carbonyl (C=O) groups excluding carboxylic acids is 2. The summed E-state index contributed by atoms with van der Waals surface area (Å²) in [5, 5.41) is 15.1. The minimum Gasteiger partial charge on any atom is -0.333 e. The Labute approximate surface area is 170 Å². The van der Waals surface area contributed by atoms with E-state index in [0.717, 1.165) is 10.6 Å². The molecule has 3 amide bonds. The van der Waals surface area contributed by atoms with Crippen LogP contribution >= 0.6 is 11.3 Å². The SMILES string of the molecule is CC(C)CN(CCC(=O)Nc1nnc(-c2ccccc2)s1)C(=O)NC(C)(C)C. The smallest absolute Gasteiger partial charge is 0.317 e. The maximum Gasteiger partial charge on any atom is 0.317 e. The number of hydrogen-bond acceptors (Lipinski definition) is 5. The first-order valence-electron chi connectivity index (χ1n) is 9.40. The number of amides is 3. The fraction of sp³-hybridized carbons (Fsp3) is 0.500. The van der Waals surface area contributed by atoms with Crippen LogP contribution in [0, 0.1) is 5.92 Å². The molecule has 28 heavy (non-hydrogen) atoms. The molecule has 0 atom stereocenters. The molecule has 0 aliphatic rings. The lowest BCUT2D eigenvalue weighted by Crippen LogP contribution is -2.50. The molecule has 0 spiro atoms. The van der Waals surface area contributed by atoms with E-state index in [1.807, 2.05) is 65.0 Å². The minimum absolute atomic E-state index is 0.156. The quantitative estimate of drug-likeness (QED) is 0.731. The highest BCUT2D eigenvalue weighted by Crippen LogP contribution is 2.25. The zero-order valence-electron chi connectivity index (χ0n) is 17.2. The van der Waals surface area contributed by atoms with E-state index in [1.54, 1.807) is 4.90 Å². The van der Waals surface area contributed by atoms with Crippen LogP contribution in [0.15, 0.2) is 30.3 Å². The highest BCUT2D eigenvalue weighted by atomic mass is 32.1. The number of benzene rings is 1. The molecule has 1 aromatic carbocycles. The molecule has 0 fully saturated rings. The second-order valence-corrected chi connectivity index (χ2v) is 9.07. The number of urea groups is 1. The van der Waals surface area contributed by atoms with E-state index in [2.05, 4.69) is 20.8 Å². The van der Waals surface area contributed by atoms with Gasteiger partial charge in [0.15, 0.2) is 0 Å². The van der Waals surface area contributed by atoms with Crippen molar-refractivity contribution in [2.24, 2.45) is 5.92 Å². The number of nitrogens with one attached hydrogen (secondary N) is 2. The molecular formula is C20H29N5O2S. The van der Waals surface area contributed by atoms with Crippen molar-refractivity contribution in [1.82, 2.24) is 20.4 Å². The summed E-state index contributed by atoms with van der Waals surface area (Å²) < 4.78 is 0. The van der Waals surface area contributed by atoms with Gasteiger partial charge >= 0.3 is 6.03 Å². The summed E-state index contributed by atoms with van der Waals surface area (Å²) in [6.07, 6.45) is 0.199. The largest absolute Gasteiger partial charge is 0.333 e. The summed E-state index contributed by atoms with van der Waals surface area (Å²) >= 11 is 1.33. The number of hydrogen-bond donors (Lipinski definition) is 2. The molecule has 0 saturated heterocycles. The van der Waals surface area contributed by atoms with Gasteiger partial charge in [0.2, 0.25) is 11.0 Å². The zero-order valence-corrected chi connectivity index (χ0v) is 18.0. The van der Waals surface area contributed by atoms with E-state index in [0.29, 0.717) is 24.1 Å². The lowest BCUT2D eigenvalue weighted by Gasteiger charge is -2.29. The van der Waals surface area contributed by atoms with Gasteiger partial charge < -0.3 is 15.5 Å². The first-order valence-corrected chi connectivity index (χ1v) is 10.2. The van der Waals surface area contributed by atoms with Crippen molar-refractivity contribution in [3.05, 3.63) is 30.3 Å². The Hall–Kier alpha value is -2.48. The van der Waals surface area contributed by atoms with Gasteiger partial charge in [-0.2, -0.15) is 0 Å². The van der Waals surface area contributed by atoms with Crippen LogP contribution in [0.25, 0.3) is 10.6 Å².